The van der Waals surface area contributed by atoms with Crippen molar-refractivity contribution in [1.82, 2.24) is 4.31 Å². The van der Waals surface area contributed by atoms with Crippen LogP contribution in [0.25, 0.3) is 0 Å². The van der Waals surface area contributed by atoms with Crippen molar-refractivity contribution in [2.45, 2.75) is 23.8 Å². The van der Waals surface area contributed by atoms with Crippen LogP contribution in [-0.2, 0) is 10.0 Å². The van der Waals surface area contributed by atoms with Crippen molar-refractivity contribution >= 4 is 10.0 Å². The number of allylic oxidation sites excluding steroid dienone is 1. The molecule has 1 heterocycles. The Morgan fingerprint density at radius 2 is 2.06 bits per heavy atom. The summed E-state index contributed by atoms with van der Waals surface area (Å²) in [6.07, 6.45) is 3.56. The summed E-state index contributed by atoms with van der Waals surface area (Å²) in [4.78, 5) is 0.385. The summed E-state index contributed by atoms with van der Waals surface area (Å²) in [5.41, 5.74) is 0. The van der Waals surface area contributed by atoms with E-state index in [1.807, 2.05) is 12.1 Å². The highest BCUT2D eigenvalue weighted by atomic mass is 32.2. The molecule has 2 atom stereocenters. The van der Waals surface area contributed by atoms with Crippen LogP contribution in [-0.4, -0.2) is 25.3 Å². The summed E-state index contributed by atoms with van der Waals surface area (Å²) in [5, 5.41) is 0. The molecule has 3 nitrogen and oxygen atoms in total. The van der Waals surface area contributed by atoms with Crippen LogP contribution in [0.4, 0.5) is 0 Å². The number of benzene rings is 1. The average molecular weight is 237 g/mol. The van der Waals surface area contributed by atoms with Gasteiger partial charge in [0, 0.05) is 12.6 Å². The Kier molecular flexibility index (Phi) is 3.12. The normalized spacial score (nSPS) is 24.0. The number of hydrogen-bond donors (Lipinski definition) is 0. The van der Waals surface area contributed by atoms with Gasteiger partial charge in [0.2, 0.25) is 10.0 Å². The first-order valence-electron chi connectivity index (χ1n) is 5.34. The van der Waals surface area contributed by atoms with Crippen molar-refractivity contribution in [2.24, 2.45) is 0 Å². The molecule has 0 spiro atoms. The van der Waals surface area contributed by atoms with E-state index in [0.29, 0.717) is 11.4 Å². The Bertz CT molecular complexity index is 467. The van der Waals surface area contributed by atoms with Crippen molar-refractivity contribution in [1.29, 1.82) is 0 Å². The molecule has 4 heteroatoms. The summed E-state index contributed by atoms with van der Waals surface area (Å²) >= 11 is 0. The third-order valence-electron chi connectivity index (χ3n) is 2.72. The van der Waals surface area contributed by atoms with Gasteiger partial charge in [-0.05, 0) is 25.0 Å². The van der Waals surface area contributed by atoms with E-state index in [9.17, 15) is 8.42 Å². The molecule has 0 radical (unpaired) electrons. The molecular formula is C12H15NO2S. The SMILES string of the molecule is C=CCCC1CN1S(=O)(=O)c1ccccc1. The molecule has 1 saturated heterocycles. The highest BCUT2D eigenvalue weighted by molar-refractivity contribution is 7.89. The van der Waals surface area contributed by atoms with Gasteiger partial charge < -0.3 is 0 Å². The minimum absolute atomic E-state index is 0.170. The minimum Gasteiger partial charge on any atom is -0.207 e. The molecule has 0 saturated carbocycles. The maximum Gasteiger partial charge on any atom is 0.243 e. The van der Waals surface area contributed by atoms with Crippen molar-refractivity contribution in [3.63, 3.8) is 0 Å². The first kappa shape index (κ1) is 11.4. The lowest BCUT2D eigenvalue weighted by molar-refractivity contribution is 0.548. The van der Waals surface area contributed by atoms with Gasteiger partial charge in [0.05, 0.1) is 4.90 Å². The molecule has 86 valence electrons. The van der Waals surface area contributed by atoms with Crippen molar-refractivity contribution in [3.05, 3.63) is 43.0 Å². The fraction of sp³-hybridized carbons (Fsp3) is 0.333. The van der Waals surface area contributed by atoms with E-state index < -0.39 is 10.0 Å². The number of nitrogens with zero attached hydrogens (tertiary/aromatic N) is 1. The minimum atomic E-state index is -3.25. The molecule has 16 heavy (non-hydrogen) atoms. The zero-order valence-corrected chi connectivity index (χ0v) is 9.86. The van der Waals surface area contributed by atoms with E-state index in [2.05, 4.69) is 6.58 Å². The zero-order valence-electron chi connectivity index (χ0n) is 9.04. The first-order chi connectivity index (χ1) is 7.66. The predicted octanol–water partition coefficient (Wildman–Crippen LogP) is 2.03. The van der Waals surface area contributed by atoms with Gasteiger partial charge in [0.25, 0.3) is 0 Å². The monoisotopic (exact) mass is 237 g/mol. The molecule has 1 aliphatic heterocycles. The van der Waals surface area contributed by atoms with E-state index >= 15 is 0 Å². The lowest BCUT2D eigenvalue weighted by Crippen LogP contribution is -2.14. The Labute approximate surface area is 96.4 Å². The smallest absolute Gasteiger partial charge is 0.207 e. The van der Waals surface area contributed by atoms with Gasteiger partial charge in [0.1, 0.15) is 0 Å². The highest BCUT2D eigenvalue weighted by Gasteiger charge is 2.43. The van der Waals surface area contributed by atoms with Crippen molar-refractivity contribution < 1.29 is 8.42 Å². The molecular weight excluding hydrogens is 222 g/mol. The average Bonchev–Trinajstić information content (AvgIpc) is 3.07. The summed E-state index contributed by atoms with van der Waals surface area (Å²) in [5.74, 6) is 0. The lowest BCUT2D eigenvalue weighted by Gasteiger charge is -2.05. The fourth-order valence-electron chi connectivity index (χ4n) is 1.73. The van der Waals surface area contributed by atoms with E-state index in [1.54, 1.807) is 28.6 Å². The third-order valence-corrected chi connectivity index (χ3v) is 4.65. The van der Waals surface area contributed by atoms with Crippen molar-refractivity contribution in [2.75, 3.05) is 6.54 Å². The topological polar surface area (TPSA) is 37.1 Å². The standard InChI is InChI=1S/C12H15NO2S/c1-2-3-7-11-10-13(11)16(14,15)12-8-5-4-6-9-12/h2,4-6,8-9,11H,1,3,7,10H2. The molecule has 2 unspecified atom stereocenters. The Morgan fingerprint density at radius 3 is 2.69 bits per heavy atom. The summed E-state index contributed by atoms with van der Waals surface area (Å²) in [6, 6.07) is 8.75. The molecule has 2 rings (SSSR count). The molecule has 1 aromatic rings. The van der Waals surface area contributed by atoms with E-state index in [4.69, 9.17) is 0 Å². The summed E-state index contributed by atoms with van der Waals surface area (Å²) in [7, 11) is -3.25. The Balaban J connectivity index is 2.09. The predicted molar refractivity (Wildman–Crippen MR) is 63.6 cm³/mol. The molecule has 1 aromatic carbocycles. The van der Waals surface area contributed by atoms with E-state index in [0.717, 1.165) is 12.8 Å². The molecule has 0 aromatic heterocycles. The molecule has 0 bridgehead atoms. The molecule has 0 amide bonds. The highest BCUT2D eigenvalue weighted by Crippen LogP contribution is 2.30. The van der Waals surface area contributed by atoms with Crippen LogP contribution >= 0.6 is 0 Å². The summed E-state index contributed by atoms with van der Waals surface area (Å²) < 4.78 is 25.7. The van der Waals surface area contributed by atoms with Gasteiger partial charge in [-0.1, -0.05) is 24.3 Å². The maximum atomic E-state index is 12.1. The van der Waals surface area contributed by atoms with Crippen LogP contribution < -0.4 is 0 Å². The van der Waals surface area contributed by atoms with Crippen LogP contribution in [0, 0.1) is 0 Å². The van der Waals surface area contributed by atoms with Gasteiger partial charge in [-0.15, -0.1) is 6.58 Å². The second-order valence-corrected chi connectivity index (χ2v) is 5.80. The lowest BCUT2D eigenvalue weighted by atomic mass is 10.2. The van der Waals surface area contributed by atoms with E-state index in [-0.39, 0.29) is 6.04 Å². The van der Waals surface area contributed by atoms with E-state index in [1.165, 1.54) is 0 Å². The van der Waals surface area contributed by atoms with Gasteiger partial charge in [0.15, 0.2) is 0 Å². The second-order valence-electron chi connectivity index (χ2n) is 3.91. The molecule has 0 N–H and O–H groups in total. The van der Waals surface area contributed by atoms with Crippen LogP contribution in [0.5, 0.6) is 0 Å². The van der Waals surface area contributed by atoms with Gasteiger partial charge in [-0.3, -0.25) is 0 Å². The first-order valence-corrected chi connectivity index (χ1v) is 6.78. The number of hydrogen-bond acceptors (Lipinski definition) is 2. The van der Waals surface area contributed by atoms with Crippen LogP contribution in [0.3, 0.4) is 0 Å². The maximum absolute atomic E-state index is 12.1. The molecule has 1 fully saturated rings. The van der Waals surface area contributed by atoms with Crippen LogP contribution in [0.2, 0.25) is 0 Å². The summed E-state index contributed by atoms with van der Waals surface area (Å²) in [6.45, 7) is 4.28. The second kappa shape index (κ2) is 4.39. The third kappa shape index (κ3) is 2.18. The Morgan fingerprint density at radius 1 is 1.38 bits per heavy atom. The Hall–Kier alpha value is -1.13. The van der Waals surface area contributed by atoms with Gasteiger partial charge >= 0.3 is 0 Å². The van der Waals surface area contributed by atoms with Gasteiger partial charge in [-0.25, -0.2) is 8.42 Å². The van der Waals surface area contributed by atoms with Crippen LogP contribution in [0.15, 0.2) is 47.9 Å². The fourth-order valence-corrected chi connectivity index (χ4v) is 3.37. The molecule has 1 aliphatic rings. The molecule has 0 aliphatic carbocycles. The zero-order chi connectivity index (χ0) is 11.6. The van der Waals surface area contributed by atoms with Crippen LogP contribution in [0.1, 0.15) is 12.8 Å². The quantitative estimate of drug-likeness (QED) is 0.580. The number of sulfonamides is 1. The largest absolute Gasteiger partial charge is 0.243 e. The number of rotatable bonds is 5. The van der Waals surface area contributed by atoms with Crippen molar-refractivity contribution in [3.8, 4) is 0 Å². The van der Waals surface area contributed by atoms with Gasteiger partial charge in [-0.2, -0.15) is 4.31 Å².